The van der Waals surface area contributed by atoms with Gasteiger partial charge in [-0.3, -0.25) is 9.69 Å². The van der Waals surface area contributed by atoms with Gasteiger partial charge in [0, 0.05) is 31.7 Å². The van der Waals surface area contributed by atoms with E-state index in [4.69, 9.17) is 22.1 Å². The standard InChI is InChI=1S/C22H25ClN6O2S/c1-14-4-2-5-15(23)18(14)19-20(21(24)30)32-22(28-19)27-17-7-3-6-16(26-17)25-8-9-29-10-12-31-13-11-29/h2-7H,8-13H2,1H3,(H2,24,30)(H2,25,26,27,28). The van der Waals surface area contributed by atoms with Gasteiger partial charge in [0.25, 0.3) is 5.91 Å². The van der Waals surface area contributed by atoms with Crippen molar-refractivity contribution in [2.75, 3.05) is 50.0 Å². The second-order valence-corrected chi connectivity index (χ2v) is 8.81. The first-order chi connectivity index (χ1) is 15.5. The van der Waals surface area contributed by atoms with E-state index in [2.05, 4.69) is 25.5 Å². The van der Waals surface area contributed by atoms with Crippen molar-refractivity contribution in [2.24, 2.45) is 5.73 Å². The number of morpholine rings is 1. The van der Waals surface area contributed by atoms with E-state index >= 15 is 0 Å². The summed E-state index contributed by atoms with van der Waals surface area (Å²) < 4.78 is 5.38. The lowest BCUT2D eigenvalue weighted by atomic mass is 10.0. The molecule has 1 aliphatic heterocycles. The first-order valence-corrected chi connectivity index (χ1v) is 11.5. The summed E-state index contributed by atoms with van der Waals surface area (Å²) in [5.74, 6) is 0.835. The van der Waals surface area contributed by atoms with Gasteiger partial charge in [0.1, 0.15) is 16.5 Å². The molecule has 1 amide bonds. The quantitative estimate of drug-likeness (QED) is 0.458. The maximum absolute atomic E-state index is 12.1. The molecule has 2 aromatic heterocycles. The SMILES string of the molecule is Cc1cccc(Cl)c1-c1nc(Nc2cccc(NCCN3CCOCC3)n2)sc1C(N)=O. The Morgan fingerprint density at radius 2 is 1.94 bits per heavy atom. The number of halogens is 1. The van der Waals surface area contributed by atoms with Crippen molar-refractivity contribution in [3.8, 4) is 11.3 Å². The summed E-state index contributed by atoms with van der Waals surface area (Å²) in [6, 6.07) is 11.2. The molecule has 10 heteroatoms. The first kappa shape index (κ1) is 22.5. The molecule has 32 heavy (non-hydrogen) atoms. The smallest absolute Gasteiger partial charge is 0.261 e. The summed E-state index contributed by atoms with van der Waals surface area (Å²) in [5, 5.41) is 7.58. The number of aromatic nitrogens is 2. The zero-order chi connectivity index (χ0) is 22.5. The number of primary amides is 1. The maximum Gasteiger partial charge on any atom is 0.261 e. The van der Waals surface area contributed by atoms with Gasteiger partial charge in [-0.2, -0.15) is 0 Å². The number of amides is 1. The molecule has 0 atom stereocenters. The van der Waals surface area contributed by atoms with E-state index in [9.17, 15) is 4.79 Å². The summed E-state index contributed by atoms with van der Waals surface area (Å²) in [5.41, 5.74) is 7.73. The molecular formula is C22H25ClN6O2S. The number of ether oxygens (including phenoxy) is 1. The number of hydrogen-bond donors (Lipinski definition) is 3. The highest BCUT2D eigenvalue weighted by molar-refractivity contribution is 7.18. The van der Waals surface area contributed by atoms with Crippen molar-refractivity contribution >= 4 is 45.6 Å². The minimum Gasteiger partial charge on any atom is -0.379 e. The fourth-order valence-corrected chi connectivity index (χ4v) is 4.66. The van der Waals surface area contributed by atoms with Crippen LogP contribution in [0.2, 0.25) is 5.02 Å². The van der Waals surface area contributed by atoms with Gasteiger partial charge >= 0.3 is 0 Å². The molecule has 1 saturated heterocycles. The predicted octanol–water partition coefficient (Wildman–Crippen LogP) is 3.75. The molecule has 168 valence electrons. The summed E-state index contributed by atoms with van der Waals surface area (Å²) in [6.45, 7) is 7.12. The number of nitrogens with one attached hydrogen (secondary N) is 2. The van der Waals surface area contributed by atoms with Crippen LogP contribution in [-0.2, 0) is 4.74 Å². The third-order valence-corrected chi connectivity index (χ3v) is 6.43. The number of thiazole rings is 1. The van der Waals surface area contributed by atoms with Crippen molar-refractivity contribution in [1.29, 1.82) is 0 Å². The first-order valence-electron chi connectivity index (χ1n) is 10.4. The number of nitrogens with two attached hydrogens (primary N) is 1. The maximum atomic E-state index is 12.1. The van der Waals surface area contributed by atoms with Crippen LogP contribution < -0.4 is 16.4 Å². The number of rotatable bonds is 8. The molecule has 1 fully saturated rings. The van der Waals surface area contributed by atoms with Gasteiger partial charge in [0.05, 0.1) is 23.9 Å². The van der Waals surface area contributed by atoms with Crippen molar-refractivity contribution in [2.45, 2.75) is 6.92 Å². The Morgan fingerprint density at radius 1 is 1.19 bits per heavy atom. The molecule has 8 nitrogen and oxygen atoms in total. The predicted molar refractivity (Wildman–Crippen MR) is 129 cm³/mol. The second kappa shape index (κ2) is 10.3. The molecular weight excluding hydrogens is 448 g/mol. The number of carbonyl (C=O) groups excluding carboxylic acids is 1. The summed E-state index contributed by atoms with van der Waals surface area (Å²) in [4.78, 5) is 24.0. The van der Waals surface area contributed by atoms with Crippen LogP contribution in [0.15, 0.2) is 36.4 Å². The molecule has 1 aromatic carbocycles. The monoisotopic (exact) mass is 472 g/mol. The van der Waals surface area contributed by atoms with E-state index in [0.717, 1.165) is 50.8 Å². The van der Waals surface area contributed by atoms with Crippen LogP contribution in [0.1, 0.15) is 15.2 Å². The van der Waals surface area contributed by atoms with Crippen LogP contribution in [0.5, 0.6) is 0 Å². The average molecular weight is 473 g/mol. The number of hydrogen-bond acceptors (Lipinski definition) is 8. The van der Waals surface area contributed by atoms with E-state index in [0.29, 0.717) is 32.1 Å². The molecule has 3 heterocycles. The van der Waals surface area contributed by atoms with Gasteiger partial charge in [-0.05, 0) is 30.7 Å². The summed E-state index contributed by atoms with van der Waals surface area (Å²) in [7, 11) is 0. The number of benzene rings is 1. The zero-order valence-corrected chi connectivity index (χ0v) is 19.3. The molecule has 1 aliphatic rings. The molecule has 0 radical (unpaired) electrons. The van der Waals surface area contributed by atoms with E-state index in [1.807, 2.05) is 37.3 Å². The Bertz CT molecular complexity index is 1080. The lowest BCUT2D eigenvalue weighted by Crippen LogP contribution is -2.39. The third-order valence-electron chi connectivity index (χ3n) is 5.13. The molecule has 4 N–H and O–H groups in total. The van der Waals surface area contributed by atoms with Gasteiger partial charge in [-0.15, -0.1) is 0 Å². The van der Waals surface area contributed by atoms with E-state index < -0.39 is 5.91 Å². The Morgan fingerprint density at radius 3 is 2.69 bits per heavy atom. The number of pyridine rings is 1. The fraction of sp³-hybridized carbons (Fsp3) is 0.318. The zero-order valence-electron chi connectivity index (χ0n) is 17.7. The van der Waals surface area contributed by atoms with Crippen molar-refractivity contribution < 1.29 is 9.53 Å². The number of nitrogens with zero attached hydrogens (tertiary/aromatic N) is 3. The van der Waals surface area contributed by atoms with Crippen molar-refractivity contribution in [1.82, 2.24) is 14.9 Å². The van der Waals surface area contributed by atoms with Crippen LogP contribution >= 0.6 is 22.9 Å². The number of carbonyl (C=O) groups is 1. The van der Waals surface area contributed by atoms with Crippen LogP contribution in [0.25, 0.3) is 11.3 Å². The Hall–Kier alpha value is -2.72. The van der Waals surface area contributed by atoms with Gasteiger partial charge in [-0.1, -0.05) is 41.1 Å². The lowest BCUT2D eigenvalue weighted by Gasteiger charge is -2.26. The fourth-order valence-electron chi connectivity index (χ4n) is 3.52. The molecule has 3 aromatic rings. The number of aryl methyl sites for hydroxylation is 1. The molecule has 0 unspecified atom stereocenters. The van der Waals surface area contributed by atoms with Crippen molar-refractivity contribution in [3.63, 3.8) is 0 Å². The summed E-state index contributed by atoms with van der Waals surface area (Å²) in [6.07, 6.45) is 0. The summed E-state index contributed by atoms with van der Waals surface area (Å²) >= 11 is 7.58. The molecule has 0 bridgehead atoms. The van der Waals surface area contributed by atoms with Gasteiger partial charge < -0.3 is 21.1 Å². The van der Waals surface area contributed by atoms with E-state index in [1.165, 1.54) is 11.3 Å². The normalized spacial score (nSPS) is 14.3. The lowest BCUT2D eigenvalue weighted by molar-refractivity contribution is 0.0398. The van der Waals surface area contributed by atoms with Crippen molar-refractivity contribution in [3.05, 3.63) is 51.9 Å². The largest absolute Gasteiger partial charge is 0.379 e. The minimum absolute atomic E-state index is 0.350. The van der Waals surface area contributed by atoms with Gasteiger partial charge in [-0.25, -0.2) is 9.97 Å². The highest BCUT2D eigenvalue weighted by atomic mass is 35.5. The number of anilines is 3. The highest BCUT2D eigenvalue weighted by Crippen LogP contribution is 2.37. The third kappa shape index (κ3) is 5.36. The highest BCUT2D eigenvalue weighted by Gasteiger charge is 2.21. The van der Waals surface area contributed by atoms with Crippen LogP contribution in [0.4, 0.5) is 16.8 Å². The topological polar surface area (TPSA) is 105 Å². The molecule has 4 rings (SSSR count). The Balaban J connectivity index is 1.48. The van der Waals surface area contributed by atoms with Gasteiger partial charge in [0.2, 0.25) is 0 Å². The molecule has 0 saturated carbocycles. The van der Waals surface area contributed by atoms with Crippen LogP contribution in [0, 0.1) is 6.92 Å². The Labute approximate surface area is 195 Å². The average Bonchev–Trinajstić information content (AvgIpc) is 3.18. The molecule has 0 spiro atoms. The Kier molecular flexibility index (Phi) is 7.21. The van der Waals surface area contributed by atoms with Crippen LogP contribution in [0.3, 0.4) is 0 Å². The second-order valence-electron chi connectivity index (χ2n) is 7.41. The van der Waals surface area contributed by atoms with Gasteiger partial charge in [0.15, 0.2) is 5.13 Å². The minimum atomic E-state index is -0.545. The van der Waals surface area contributed by atoms with E-state index in [-0.39, 0.29) is 0 Å². The van der Waals surface area contributed by atoms with E-state index in [1.54, 1.807) is 6.07 Å². The van der Waals surface area contributed by atoms with Crippen LogP contribution in [-0.4, -0.2) is 60.2 Å². The molecule has 0 aliphatic carbocycles.